The molecule has 0 atom stereocenters. The van der Waals surface area contributed by atoms with E-state index >= 15 is 0 Å². The average molecular weight is 328 g/mol. The highest BCUT2D eigenvalue weighted by Crippen LogP contribution is 2.27. The molecule has 2 aromatic carbocycles. The summed E-state index contributed by atoms with van der Waals surface area (Å²) >= 11 is 0. The minimum atomic E-state index is -0.404. The van der Waals surface area contributed by atoms with E-state index in [1.165, 1.54) is 12.3 Å². The van der Waals surface area contributed by atoms with Crippen molar-refractivity contribution < 1.29 is 13.9 Å². The number of hydrogen-bond donors (Lipinski definition) is 1. The maximum Gasteiger partial charge on any atom is 0.277 e. The van der Waals surface area contributed by atoms with Crippen molar-refractivity contribution in [3.63, 3.8) is 0 Å². The third-order valence-corrected chi connectivity index (χ3v) is 3.45. The van der Waals surface area contributed by atoms with Gasteiger partial charge in [-0.3, -0.25) is 4.79 Å². The summed E-state index contributed by atoms with van der Waals surface area (Å²) in [5.41, 5.74) is 4.74. The fourth-order valence-corrected chi connectivity index (χ4v) is 2.17. The molecule has 1 amide bonds. The van der Waals surface area contributed by atoms with Gasteiger partial charge in [-0.2, -0.15) is 5.10 Å². The van der Waals surface area contributed by atoms with E-state index in [0.717, 1.165) is 11.1 Å². The number of hydrazone groups is 1. The number of hydrogen-bond acceptors (Lipinski definition) is 3. The zero-order valence-corrected chi connectivity index (χ0v) is 14.0. The van der Waals surface area contributed by atoms with Crippen LogP contribution in [0.15, 0.2) is 47.6 Å². The molecule has 2 aromatic rings. The number of aryl methyl sites for hydroxylation is 1. The van der Waals surface area contributed by atoms with Gasteiger partial charge < -0.3 is 4.74 Å². The molecule has 0 spiro atoms. The van der Waals surface area contributed by atoms with E-state index in [1.807, 2.05) is 25.1 Å². The lowest BCUT2D eigenvalue weighted by atomic mass is 10.0. The number of amides is 1. The molecule has 0 bridgehead atoms. The van der Waals surface area contributed by atoms with E-state index in [9.17, 15) is 9.18 Å². The molecule has 2 rings (SSSR count). The van der Waals surface area contributed by atoms with Gasteiger partial charge in [-0.1, -0.05) is 44.2 Å². The highest BCUT2D eigenvalue weighted by molar-refractivity contribution is 5.83. The van der Waals surface area contributed by atoms with Crippen LogP contribution in [0.3, 0.4) is 0 Å². The highest BCUT2D eigenvalue weighted by atomic mass is 19.1. The Hall–Kier alpha value is -2.69. The number of ether oxygens (including phenoxy) is 1. The summed E-state index contributed by atoms with van der Waals surface area (Å²) in [5.74, 6) is 0.188. The molecule has 0 radical (unpaired) electrons. The first-order valence-corrected chi connectivity index (χ1v) is 7.77. The van der Waals surface area contributed by atoms with Gasteiger partial charge in [0.2, 0.25) is 0 Å². The molecule has 0 saturated carbocycles. The Bertz CT molecular complexity index is 742. The molecule has 0 heterocycles. The van der Waals surface area contributed by atoms with E-state index in [4.69, 9.17) is 4.74 Å². The largest absolute Gasteiger partial charge is 0.483 e. The lowest BCUT2D eigenvalue weighted by Gasteiger charge is -2.14. The van der Waals surface area contributed by atoms with Gasteiger partial charge in [0, 0.05) is 5.56 Å². The summed E-state index contributed by atoms with van der Waals surface area (Å²) in [5, 5.41) is 3.75. The third-order valence-electron chi connectivity index (χ3n) is 3.45. The van der Waals surface area contributed by atoms with Crippen LogP contribution < -0.4 is 10.2 Å². The first kappa shape index (κ1) is 17.7. The van der Waals surface area contributed by atoms with Gasteiger partial charge in [0.15, 0.2) is 6.61 Å². The minimum Gasteiger partial charge on any atom is -0.483 e. The maximum absolute atomic E-state index is 13.4. The molecule has 0 aromatic heterocycles. The van der Waals surface area contributed by atoms with Gasteiger partial charge >= 0.3 is 0 Å². The molecule has 0 aliphatic carbocycles. The Kier molecular flexibility index (Phi) is 6.07. The van der Waals surface area contributed by atoms with Crippen molar-refractivity contribution in [3.8, 4) is 5.75 Å². The van der Waals surface area contributed by atoms with Crippen molar-refractivity contribution in [2.24, 2.45) is 5.10 Å². The minimum absolute atomic E-state index is 0.155. The topological polar surface area (TPSA) is 50.7 Å². The fraction of sp³-hybridized carbons (Fsp3) is 0.263. The van der Waals surface area contributed by atoms with E-state index in [0.29, 0.717) is 17.2 Å². The number of rotatable bonds is 6. The number of nitrogens with zero attached hydrogens (tertiary/aromatic N) is 1. The molecule has 5 heteroatoms. The van der Waals surface area contributed by atoms with Crippen LogP contribution in [0.25, 0.3) is 0 Å². The second-order valence-corrected chi connectivity index (χ2v) is 5.80. The van der Waals surface area contributed by atoms with Gasteiger partial charge in [0.25, 0.3) is 5.91 Å². The predicted octanol–water partition coefficient (Wildman–Crippen LogP) is 3.79. The van der Waals surface area contributed by atoms with Gasteiger partial charge in [-0.05, 0) is 36.1 Å². The van der Waals surface area contributed by atoms with E-state index < -0.39 is 11.7 Å². The summed E-state index contributed by atoms with van der Waals surface area (Å²) in [7, 11) is 0. The van der Waals surface area contributed by atoms with E-state index in [-0.39, 0.29) is 6.61 Å². The van der Waals surface area contributed by atoms with Gasteiger partial charge in [-0.15, -0.1) is 0 Å². The van der Waals surface area contributed by atoms with Crippen LogP contribution in [0, 0.1) is 12.7 Å². The van der Waals surface area contributed by atoms with Crippen molar-refractivity contribution in [2.45, 2.75) is 26.7 Å². The molecule has 126 valence electrons. The highest BCUT2D eigenvalue weighted by Gasteiger charge is 2.10. The predicted molar refractivity (Wildman–Crippen MR) is 92.9 cm³/mol. The first-order chi connectivity index (χ1) is 11.5. The van der Waals surface area contributed by atoms with Gasteiger partial charge in [0.05, 0.1) is 6.21 Å². The average Bonchev–Trinajstić information content (AvgIpc) is 2.54. The lowest BCUT2D eigenvalue weighted by Crippen LogP contribution is -2.25. The summed E-state index contributed by atoms with van der Waals surface area (Å²) in [4.78, 5) is 11.8. The Balaban J connectivity index is 1.92. The van der Waals surface area contributed by atoms with Gasteiger partial charge in [-0.25, -0.2) is 9.82 Å². The Morgan fingerprint density at radius 2 is 2.04 bits per heavy atom. The van der Waals surface area contributed by atoms with E-state index in [1.54, 1.807) is 18.2 Å². The normalized spacial score (nSPS) is 11.0. The van der Waals surface area contributed by atoms with Crippen LogP contribution in [0.5, 0.6) is 5.75 Å². The van der Waals surface area contributed by atoms with Gasteiger partial charge in [0.1, 0.15) is 11.6 Å². The molecular weight excluding hydrogens is 307 g/mol. The van der Waals surface area contributed by atoms with Crippen LogP contribution >= 0.6 is 0 Å². The van der Waals surface area contributed by atoms with Crippen molar-refractivity contribution in [2.75, 3.05) is 6.61 Å². The van der Waals surface area contributed by atoms with Crippen molar-refractivity contribution in [1.82, 2.24) is 5.43 Å². The first-order valence-electron chi connectivity index (χ1n) is 7.77. The van der Waals surface area contributed by atoms with E-state index in [2.05, 4.69) is 24.4 Å². The summed E-state index contributed by atoms with van der Waals surface area (Å²) in [6.07, 6.45) is 1.26. The van der Waals surface area contributed by atoms with Crippen molar-refractivity contribution in [1.29, 1.82) is 0 Å². The smallest absolute Gasteiger partial charge is 0.277 e. The van der Waals surface area contributed by atoms with Crippen LogP contribution in [0.1, 0.15) is 36.5 Å². The number of halogens is 1. The molecule has 0 saturated heterocycles. The SMILES string of the molecule is Cc1ccc(C(C)C)c(OCC(=O)N/N=C\c2ccccc2F)c1. The molecule has 24 heavy (non-hydrogen) atoms. The standard InChI is InChI=1S/C19H21FN2O2/c1-13(2)16-9-8-14(3)10-18(16)24-12-19(23)22-21-11-15-6-4-5-7-17(15)20/h4-11,13H,12H2,1-3H3,(H,22,23)/b21-11-. The molecule has 0 fully saturated rings. The Labute approximate surface area is 141 Å². The molecule has 1 N–H and O–H groups in total. The van der Waals surface area contributed by atoms with Crippen molar-refractivity contribution >= 4 is 12.1 Å². The second kappa shape index (κ2) is 8.24. The van der Waals surface area contributed by atoms with Crippen LogP contribution in [0.4, 0.5) is 4.39 Å². The third kappa shape index (κ3) is 4.91. The van der Waals surface area contributed by atoms with Crippen LogP contribution in [-0.4, -0.2) is 18.7 Å². The molecule has 4 nitrogen and oxygen atoms in total. The van der Waals surface area contributed by atoms with Crippen molar-refractivity contribution in [3.05, 3.63) is 65.0 Å². The Morgan fingerprint density at radius 1 is 1.29 bits per heavy atom. The molecule has 0 unspecified atom stereocenters. The fourth-order valence-electron chi connectivity index (χ4n) is 2.17. The molecule has 0 aliphatic rings. The molecule has 0 aliphatic heterocycles. The maximum atomic E-state index is 13.4. The number of nitrogens with one attached hydrogen (secondary N) is 1. The number of carbonyl (C=O) groups excluding carboxylic acids is 1. The lowest BCUT2D eigenvalue weighted by molar-refractivity contribution is -0.123. The second-order valence-electron chi connectivity index (χ2n) is 5.80. The summed E-state index contributed by atoms with van der Waals surface area (Å²) in [6.45, 7) is 5.94. The monoisotopic (exact) mass is 328 g/mol. The number of benzene rings is 2. The van der Waals surface area contributed by atoms with Crippen LogP contribution in [0.2, 0.25) is 0 Å². The molecular formula is C19H21FN2O2. The summed E-state index contributed by atoms with van der Waals surface area (Å²) < 4.78 is 19.0. The zero-order chi connectivity index (χ0) is 17.5. The number of carbonyl (C=O) groups is 1. The zero-order valence-electron chi connectivity index (χ0n) is 14.0. The Morgan fingerprint density at radius 3 is 2.75 bits per heavy atom. The quantitative estimate of drug-likeness (QED) is 0.648. The summed E-state index contributed by atoms with van der Waals surface area (Å²) in [6, 6.07) is 12.1. The van der Waals surface area contributed by atoms with Crippen LogP contribution in [-0.2, 0) is 4.79 Å².